The van der Waals surface area contributed by atoms with E-state index in [2.05, 4.69) is 27.0 Å². The third-order valence-electron chi connectivity index (χ3n) is 5.77. The largest absolute Gasteiger partial charge is 0.423 e. The van der Waals surface area contributed by atoms with Crippen molar-refractivity contribution < 1.29 is 19.1 Å². The van der Waals surface area contributed by atoms with E-state index in [0.717, 1.165) is 24.0 Å². The van der Waals surface area contributed by atoms with Gasteiger partial charge in [0.1, 0.15) is 11.5 Å². The van der Waals surface area contributed by atoms with Crippen LogP contribution in [-0.4, -0.2) is 11.9 Å². The van der Waals surface area contributed by atoms with E-state index >= 15 is 0 Å². The zero-order chi connectivity index (χ0) is 21.1. The summed E-state index contributed by atoms with van der Waals surface area (Å²) in [6.07, 6.45) is 1.67. The van der Waals surface area contributed by atoms with Crippen LogP contribution in [0.2, 0.25) is 0 Å². The molecule has 4 rings (SSSR count). The fourth-order valence-electron chi connectivity index (χ4n) is 4.24. The average molecular weight is 388 g/mol. The van der Waals surface area contributed by atoms with Gasteiger partial charge in [-0.15, -0.1) is 0 Å². The maximum atomic E-state index is 12.0. The summed E-state index contributed by atoms with van der Waals surface area (Å²) in [6.45, 7) is 14.9. The molecule has 0 radical (unpaired) electrons. The number of carbonyl (C=O) groups is 2. The first-order valence-electron chi connectivity index (χ1n) is 9.70. The molecular formula is C25H24O4. The fraction of sp³-hybridized carbons (Fsp3) is 0.280. The Bertz CT molecular complexity index is 1030. The minimum Gasteiger partial charge on any atom is -0.423 e. The smallest absolute Gasteiger partial charge is 0.338 e. The Morgan fingerprint density at radius 3 is 1.52 bits per heavy atom. The monoisotopic (exact) mass is 388 g/mol. The quantitative estimate of drug-likeness (QED) is 0.418. The van der Waals surface area contributed by atoms with Gasteiger partial charge < -0.3 is 9.47 Å². The van der Waals surface area contributed by atoms with Gasteiger partial charge in [0.25, 0.3) is 0 Å². The maximum Gasteiger partial charge on any atom is 0.338 e. The molecular weight excluding hydrogens is 364 g/mol. The minimum absolute atomic E-state index is 0.310. The van der Waals surface area contributed by atoms with Crippen LogP contribution in [0.25, 0.3) is 11.1 Å². The zero-order valence-electron chi connectivity index (χ0n) is 17.3. The van der Waals surface area contributed by atoms with Crippen LogP contribution in [0.1, 0.15) is 49.9 Å². The van der Waals surface area contributed by atoms with Crippen LogP contribution in [0.15, 0.2) is 48.6 Å². The van der Waals surface area contributed by atoms with Crippen LogP contribution in [0.4, 0.5) is 0 Å². The topological polar surface area (TPSA) is 52.6 Å². The molecule has 0 saturated carbocycles. The third kappa shape index (κ3) is 3.00. The second-order valence-corrected chi connectivity index (χ2v) is 8.47. The summed E-state index contributed by atoms with van der Waals surface area (Å²) in [6, 6.07) is 7.83. The molecule has 2 aromatic carbocycles. The van der Waals surface area contributed by atoms with Crippen LogP contribution in [0, 0.1) is 0 Å². The van der Waals surface area contributed by atoms with E-state index in [1.165, 1.54) is 22.3 Å². The fourth-order valence-corrected chi connectivity index (χ4v) is 4.24. The van der Waals surface area contributed by atoms with E-state index in [0.29, 0.717) is 22.6 Å². The lowest BCUT2D eigenvalue weighted by Crippen LogP contribution is -2.16. The lowest BCUT2D eigenvalue weighted by atomic mass is 9.82. The molecule has 0 spiro atoms. The highest BCUT2D eigenvalue weighted by Crippen LogP contribution is 2.55. The van der Waals surface area contributed by atoms with Gasteiger partial charge >= 0.3 is 11.9 Å². The Hall–Kier alpha value is -3.14. The summed E-state index contributed by atoms with van der Waals surface area (Å²) >= 11 is 0. The van der Waals surface area contributed by atoms with Crippen molar-refractivity contribution in [2.24, 2.45) is 0 Å². The predicted octanol–water partition coefficient (Wildman–Crippen LogP) is 5.05. The molecule has 0 fully saturated rings. The Morgan fingerprint density at radius 1 is 0.793 bits per heavy atom. The van der Waals surface area contributed by atoms with E-state index in [1.54, 1.807) is 13.8 Å². The standard InChI is InChI=1S/C25H24O4/c1-13(2)23(26)28-17-9-15-7-8-16-10-18(29-24(27)14(3)4)12-20-22(16)21(15)19(11-17)25(20,5)6/h9-12H,1,3,7-8H2,2,4-6H3. The number of benzene rings is 2. The first-order valence-corrected chi connectivity index (χ1v) is 9.70. The number of rotatable bonds is 4. The summed E-state index contributed by atoms with van der Waals surface area (Å²) in [5, 5.41) is 0. The molecule has 0 aliphatic heterocycles. The van der Waals surface area contributed by atoms with Crippen LogP contribution in [-0.2, 0) is 27.8 Å². The highest BCUT2D eigenvalue weighted by atomic mass is 16.5. The van der Waals surface area contributed by atoms with Crippen molar-refractivity contribution in [3.63, 3.8) is 0 Å². The molecule has 0 heterocycles. The van der Waals surface area contributed by atoms with Gasteiger partial charge in [0.05, 0.1) is 0 Å². The Balaban J connectivity index is 1.84. The Labute approximate surface area is 170 Å². The predicted molar refractivity (Wildman–Crippen MR) is 112 cm³/mol. The van der Waals surface area contributed by atoms with Gasteiger partial charge in [-0.1, -0.05) is 27.0 Å². The summed E-state index contributed by atoms with van der Waals surface area (Å²) < 4.78 is 11.1. The molecule has 0 unspecified atom stereocenters. The highest BCUT2D eigenvalue weighted by molar-refractivity contribution is 5.92. The van der Waals surface area contributed by atoms with Crippen LogP contribution in [0.3, 0.4) is 0 Å². The molecule has 0 N–H and O–H groups in total. The van der Waals surface area contributed by atoms with Crippen LogP contribution >= 0.6 is 0 Å². The van der Waals surface area contributed by atoms with Crippen molar-refractivity contribution in [3.8, 4) is 22.6 Å². The molecule has 2 aliphatic carbocycles. The van der Waals surface area contributed by atoms with Crippen LogP contribution < -0.4 is 9.47 Å². The number of esters is 2. The Morgan fingerprint density at radius 2 is 1.17 bits per heavy atom. The number of aryl methyl sites for hydroxylation is 2. The van der Waals surface area contributed by atoms with Crippen molar-refractivity contribution >= 4 is 11.9 Å². The lowest BCUT2D eigenvalue weighted by Gasteiger charge is -2.22. The van der Waals surface area contributed by atoms with Crippen molar-refractivity contribution in [2.45, 2.75) is 46.0 Å². The third-order valence-corrected chi connectivity index (χ3v) is 5.77. The minimum atomic E-state index is -0.420. The van der Waals surface area contributed by atoms with E-state index in [4.69, 9.17) is 9.47 Å². The first-order chi connectivity index (χ1) is 13.6. The molecule has 0 bridgehead atoms. The van der Waals surface area contributed by atoms with Gasteiger partial charge in [0.2, 0.25) is 0 Å². The van der Waals surface area contributed by atoms with E-state index in [-0.39, 0.29) is 5.41 Å². The summed E-state index contributed by atoms with van der Waals surface area (Å²) in [4.78, 5) is 24.1. The van der Waals surface area contributed by atoms with Crippen molar-refractivity contribution in [3.05, 3.63) is 70.8 Å². The number of carbonyl (C=O) groups excluding carboxylic acids is 2. The second kappa shape index (κ2) is 6.45. The second-order valence-electron chi connectivity index (χ2n) is 8.47. The SMILES string of the molecule is C=C(C)C(=O)Oc1cc2c3c(c1)C(C)(C)c1cc(OC(=O)C(=C)C)cc(c1-3)CC2. The summed E-state index contributed by atoms with van der Waals surface area (Å²) in [5.74, 6) is 0.252. The van der Waals surface area contributed by atoms with Gasteiger partial charge in [0.15, 0.2) is 0 Å². The number of ether oxygens (including phenoxy) is 2. The normalized spacial score (nSPS) is 14.8. The zero-order valence-corrected chi connectivity index (χ0v) is 17.3. The molecule has 2 aromatic rings. The first kappa shape index (κ1) is 19.2. The highest BCUT2D eigenvalue weighted by Gasteiger charge is 2.41. The Kier molecular flexibility index (Phi) is 4.26. The number of hydrogen-bond acceptors (Lipinski definition) is 4. The molecule has 4 heteroatoms. The lowest BCUT2D eigenvalue weighted by molar-refractivity contribution is -0.130. The summed E-state index contributed by atoms with van der Waals surface area (Å²) in [7, 11) is 0. The molecule has 0 aromatic heterocycles. The van der Waals surface area contributed by atoms with E-state index in [1.807, 2.05) is 24.3 Å². The molecule has 4 nitrogen and oxygen atoms in total. The van der Waals surface area contributed by atoms with Crippen molar-refractivity contribution in [1.29, 1.82) is 0 Å². The molecule has 0 saturated heterocycles. The van der Waals surface area contributed by atoms with Crippen LogP contribution in [0.5, 0.6) is 11.5 Å². The van der Waals surface area contributed by atoms with E-state index in [9.17, 15) is 9.59 Å². The average Bonchev–Trinajstić information content (AvgIpc) is 2.87. The summed E-state index contributed by atoms with van der Waals surface area (Å²) in [5.41, 5.74) is 7.48. The molecule has 29 heavy (non-hydrogen) atoms. The van der Waals surface area contributed by atoms with Gasteiger partial charge in [-0.3, -0.25) is 0 Å². The van der Waals surface area contributed by atoms with Gasteiger partial charge in [-0.25, -0.2) is 9.59 Å². The molecule has 2 aliphatic rings. The van der Waals surface area contributed by atoms with Crippen molar-refractivity contribution in [2.75, 3.05) is 0 Å². The molecule has 148 valence electrons. The number of hydrogen-bond donors (Lipinski definition) is 0. The van der Waals surface area contributed by atoms with Gasteiger partial charge in [0, 0.05) is 16.6 Å². The van der Waals surface area contributed by atoms with Gasteiger partial charge in [-0.2, -0.15) is 0 Å². The maximum absolute atomic E-state index is 12.0. The van der Waals surface area contributed by atoms with Crippen molar-refractivity contribution in [1.82, 2.24) is 0 Å². The van der Waals surface area contributed by atoms with E-state index < -0.39 is 11.9 Å². The van der Waals surface area contributed by atoms with Gasteiger partial charge in [-0.05, 0) is 84.3 Å². The molecule has 0 amide bonds. The molecule has 0 atom stereocenters.